The molecule has 2 aliphatic rings. The summed E-state index contributed by atoms with van der Waals surface area (Å²) in [6.07, 6.45) is 18.3. The van der Waals surface area contributed by atoms with Crippen molar-refractivity contribution in [3.63, 3.8) is 0 Å². The summed E-state index contributed by atoms with van der Waals surface area (Å²) >= 11 is 0. The summed E-state index contributed by atoms with van der Waals surface area (Å²) in [4.78, 5) is 13.8. The molecule has 1 saturated carbocycles. The molecule has 1 heterocycles. The first-order chi connectivity index (χ1) is 17.5. The number of unbranched alkanes of at least 4 members (excludes halogenated alkanes) is 3. The van der Waals surface area contributed by atoms with E-state index in [2.05, 4.69) is 52.0 Å². The van der Waals surface area contributed by atoms with Gasteiger partial charge in [-0.3, -0.25) is 4.79 Å². The molecule has 1 saturated heterocycles. The highest BCUT2D eigenvalue weighted by Gasteiger charge is 2.34. The second-order valence-corrected chi connectivity index (χ2v) is 12.5. The highest BCUT2D eigenvalue weighted by molar-refractivity contribution is 5.81. The van der Waals surface area contributed by atoms with Crippen LogP contribution in [0.1, 0.15) is 134 Å². The molecule has 36 heavy (non-hydrogen) atoms. The summed E-state index contributed by atoms with van der Waals surface area (Å²) in [5.41, 5.74) is 2.90. The van der Waals surface area contributed by atoms with E-state index in [1.54, 1.807) is 0 Å². The normalized spacial score (nSPS) is 23.8. The van der Waals surface area contributed by atoms with Crippen LogP contribution in [-0.4, -0.2) is 19.0 Å². The third-order valence-corrected chi connectivity index (χ3v) is 9.57. The van der Waals surface area contributed by atoms with E-state index in [0.717, 1.165) is 38.4 Å². The molecule has 0 bridgehead atoms. The van der Waals surface area contributed by atoms with Crippen molar-refractivity contribution in [1.82, 2.24) is 0 Å². The average molecular weight is 497 g/mol. The zero-order valence-corrected chi connectivity index (χ0v) is 24.1. The van der Waals surface area contributed by atoms with Crippen molar-refractivity contribution in [3.8, 4) is 0 Å². The van der Waals surface area contributed by atoms with Crippen LogP contribution in [0.4, 0.5) is 0 Å². The van der Waals surface area contributed by atoms with E-state index in [0.29, 0.717) is 29.5 Å². The van der Waals surface area contributed by atoms with Gasteiger partial charge in [-0.1, -0.05) is 95.5 Å². The summed E-state index contributed by atoms with van der Waals surface area (Å²) < 4.78 is 5.62. The summed E-state index contributed by atoms with van der Waals surface area (Å²) in [7, 11) is 0. The number of benzene rings is 1. The number of hydrogen-bond donors (Lipinski definition) is 0. The standard InChI is InChI=1S/C34H56O2/c1-5-7-8-9-17-33(29-14-10-13-26(3)22-29)30-15-11-16-31(24-30)34(35)25-32(27(4)12-6-2)23-28-18-20-36-21-19-28/h10,13-14,22,27-28,30-33H,5-9,11-12,15-21,23-25H2,1-4H3. The van der Waals surface area contributed by atoms with E-state index in [1.165, 1.54) is 88.2 Å². The number of aryl methyl sites for hydroxylation is 1. The molecular formula is C34H56O2. The van der Waals surface area contributed by atoms with Gasteiger partial charge in [0, 0.05) is 25.6 Å². The van der Waals surface area contributed by atoms with Crippen LogP contribution in [0.2, 0.25) is 0 Å². The Kier molecular flexibility index (Phi) is 13.0. The summed E-state index contributed by atoms with van der Waals surface area (Å²) in [5.74, 6) is 4.13. The fourth-order valence-corrected chi connectivity index (χ4v) is 7.29. The molecule has 2 heteroatoms. The minimum Gasteiger partial charge on any atom is -0.381 e. The Morgan fingerprint density at radius 1 is 1.00 bits per heavy atom. The zero-order valence-electron chi connectivity index (χ0n) is 24.1. The van der Waals surface area contributed by atoms with Crippen LogP contribution < -0.4 is 0 Å². The number of ketones is 1. The predicted octanol–water partition coefficient (Wildman–Crippen LogP) is 9.68. The summed E-state index contributed by atoms with van der Waals surface area (Å²) in [5, 5.41) is 0. The minimum atomic E-state index is 0.290. The maximum Gasteiger partial charge on any atom is 0.136 e. The Hall–Kier alpha value is -1.15. The van der Waals surface area contributed by atoms with Crippen LogP contribution in [0.15, 0.2) is 24.3 Å². The van der Waals surface area contributed by atoms with Crippen molar-refractivity contribution in [1.29, 1.82) is 0 Å². The lowest BCUT2D eigenvalue weighted by Gasteiger charge is -2.36. The topological polar surface area (TPSA) is 26.3 Å². The number of Topliss-reactive ketones (excluding diaryl/α,β-unsaturated/α-hetero) is 1. The fraction of sp³-hybridized carbons (Fsp3) is 0.794. The number of carbonyl (C=O) groups excluding carboxylic acids is 1. The number of carbonyl (C=O) groups is 1. The Balaban J connectivity index is 1.66. The molecule has 5 atom stereocenters. The first kappa shape index (κ1) is 29.4. The molecule has 3 rings (SSSR count). The molecule has 0 spiro atoms. The maximum atomic E-state index is 13.8. The van der Waals surface area contributed by atoms with Crippen molar-refractivity contribution in [2.75, 3.05) is 13.2 Å². The van der Waals surface area contributed by atoms with E-state index in [4.69, 9.17) is 4.74 Å². The van der Waals surface area contributed by atoms with Crippen LogP contribution in [-0.2, 0) is 9.53 Å². The second kappa shape index (κ2) is 16.0. The SMILES string of the molecule is CCCCCCC(c1cccc(C)c1)C1CCCC(C(=O)CC(CC2CCOCC2)C(C)CCC)C1. The van der Waals surface area contributed by atoms with Crippen molar-refractivity contribution < 1.29 is 9.53 Å². The molecule has 2 nitrogen and oxygen atoms in total. The maximum absolute atomic E-state index is 13.8. The smallest absolute Gasteiger partial charge is 0.136 e. The first-order valence-corrected chi connectivity index (χ1v) is 15.7. The van der Waals surface area contributed by atoms with Crippen molar-refractivity contribution in [2.24, 2.45) is 29.6 Å². The molecule has 0 radical (unpaired) electrons. The molecule has 0 N–H and O–H groups in total. The second-order valence-electron chi connectivity index (χ2n) is 12.5. The largest absolute Gasteiger partial charge is 0.381 e. The van der Waals surface area contributed by atoms with Gasteiger partial charge in [-0.15, -0.1) is 0 Å². The molecular weight excluding hydrogens is 440 g/mol. The van der Waals surface area contributed by atoms with Gasteiger partial charge in [0.15, 0.2) is 0 Å². The lowest BCUT2D eigenvalue weighted by molar-refractivity contribution is -0.126. The van der Waals surface area contributed by atoms with E-state index in [1.807, 2.05) is 0 Å². The monoisotopic (exact) mass is 496 g/mol. The van der Waals surface area contributed by atoms with Crippen LogP contribution >= 0.6 is 0 Å². The lowest BCUT2D eigenvalue weighted by atomic mass is 9.68. The Bertz CT molecular complexity index is 749. The third-order valence-electron chi connectivity index (χ3n) is 9.57. The predicted molar refractivity (Wildman–Crippen MR) is 153 cm³/mol. The highest BCUT2D eigenvalue weighted by Crippen LogP contribution is 2.43. The fourth-order valence-electron chi connectivity index (χ4n) is 7.29. The van der Waals surface area contributed by atoms with E-state index >= 15 is 0 Å². The van der Waals surface area contributed by atoms with Crippen LogP contribution in [0.5, 0.6) is 0 Å². The van der Waals surface area contributed by atoms with Crippen LogP contribution in [0, 0.1) is 36.5 Å². The van der Waals surface area contributed by atoms with Gasteiger partial charge < -0.3 is 4.74 Å². The minimum absolute atomic E-state index is 0.290. The number of hydrogen-bond acceptors (Lipinski definition) is 2. The van der Waals surface area contributed by atoms with Gasteiger partial charge in [-0.25, -0.2) is 0 Å². The molecule has 2 fully saturated rings. The average Bonchev–Trinajstić information content (AvgIpc) is 2.89. The molecule has 1 aliphatic heterocycles. The summed E-state index contributed by atoms with van der Waals surface area (Å²) in [6.45, 7) is 11.1. The van der Waals surface area contributed by atoms with Crippen LogP contribution in [0.3, 0.4) is 0 Å². The molecule has 1 aromatic rings. The molecule has 204 valence electrons. The van der Waals surface area contributed by atoms with Crippen molar-refractivity contribution >= 4 is 5.78 Å². The van der Waals surface area contributed by atoms with E-state index in [-0.39, 0.29) is 5.92 Å². The Labute approximate surface area is 223 Å². The number of rotatable bonds is 15. The van der Waals surface area contributed by atoms with Crippen LogP contribution in [0.25, 0.3) is 0 Å². The van der Waals surface area contributed by atoms with Gasteiger partial charge in [-0.05, 0) is 87.0 Å². The van der Waals surface area contributed by atoms with Crippen molar-refractivity contribution in [3.05, 3.63) is 35.4 Å². The van der Waals surface area contributed by atoms with Gasteiger partial charge in [-0.2, -0.15) is 0 Å². The lowest BCUT2D eigenvalue weighted by Crippen LogP contribution is -2.30. The first-order valence-electron chi connectivity index (χ1n) is 15.7. The van der Waals surface area contributed by atoms with Gasteiger partial charge in [0.05, 0.1) is 0 Å². The quantitative estimate of drug-likeness (QED) is 0.226. The molecule has 1 aliphatic carbocycles. The molecule has 5 unspecified atom stereocenters. The summed E-state index contributed by atoms with van der Waals surface area (Å²) in [6, 6.07) is 9.25. The Morgan fingerprint density at radius 2 is 1.81 bits per heavy atom. The van der Waals surface area contributed by atoms with Crippen molar-refractivity contribution in [2.45, 2.75) is 130 Å². The van der Waals surface area contributed by atoms with Gasteiger partial charge in [0.25, 0.3) is 0 Å². The van der Waals surface area contributed by atoms with Gasteiger partial charge >= 0.3 is 0 Å². The van der Waals surface area contributed by atoms with E-state index < -0.39 is 0 Å². The molecule has 1 aromatic carbocycles. The van der Waals surface area contributed by atoms with Gasteiger partial charge in [0.2, 0.25) is 0 Å². The Morgan fingerprint density at radius 3 is 2.53 bits per heavy atom. The third kappa shape index (κ3) is 9.30. The van der Waals surface area contributed by atoms with Gasteiger partial charge in [0.1, 0.15) is 5.78 Å². The zero-order chi connectivity index (χ0) is 25.8. The highest BCUT2D eigenvalue weighted by atomic mass is 16.5. The van der Waals surface area contributed by atoms with E-state index in [9.17, 15) is 4.79 Å². The molecule has 0 aromatic heterocycles. The molecule has 0 amide bonds. The number of ether oxygens (including phenoxy) is 1.